The minimum atomic E-state index is -1.11. The lowest BCUT2D eigenvalue weighted by Crippen LogP contribution is -2.30. The molecule has 1 unspecified atom stereocenters. The Kier molecular flexibility index (Phi) is 5.73. The summed E-state index contributed by atoms with van der Waals surface area (Å²) in [6.07, 6.45) is -1.11. The summed E-state index contributed by atoms with van der Waals surface area (Å²) < 4.78 is 5.25. The third-order valence-corrected chi connectivity index (χ3v) is 4.07. The predicted molar refractivity (Wildman–Crippen MR) is 109 cm³/mol. The van der Waals surface area contributed by atoms with Crippen molar-refractivity contribution in [1.82, 2.24) is 4.98 Å². The second kappa shape index (κ2) is 8.39. The van der Waals surface area contributed by atoms with Crippen LogP contribution in [0.1, 0.15) is 24.2 Å². The lowest BCUT2D eigenvalue weighted by molar-refractivity contribution is -0.123. The van der Waals surface area contributed by atoms with Gasteiger partial charge in [0.05, 0.1) is 5.56 Å². The second-order valence-electron chi connectivity index (χ2n) is 6.39. The van der Waals surface area contributed by atoms with E-state index in [0.29, 0.717) is 22.3 Å². The molecule has 3 N–H and O–H groups in total. The van der Waals surface area contributed by atoms with Crippen LogP contribution in [0.3, 0.4) is 0 Å². The summed E-state index contributed by atoms with van der Waals surface area (Å²) in [6.45, 7) is 2.81. The number of fused-ring (bicyclic) bond motifs is 1. The molecule has 1 atom stereocenters. The van der Waals surface area contributed by atoms with Crippen LogP contribution >= 0.6 is 0 Å². The summed E-state index contributed by atoms with van der Waals surface area (Å²) in [6, 6.07) is 14.5. The van der Waals surface area contributed by atoms with Gasteiger partial charge in [0.1, 0.15) is 0 Å². The quantitative estimate of drug-likeness (QED) is 0.576. The summed E-state index contributed by atoms with van der Waals surface area (Å²) in [4.78, 5) is 50.5. The Labute approximate surface area is 165 Å². The van der Waals surface area contributed by atoms with Crippen molar-refractivity contribution in [2.45, 2.75) is 20.0 Å². The van der Waals surface area contributed by atoms with Crippen LogP contribution in [-0.4, -0.2) is 28.9 Å². The normalized spacial score (nSPS) is 11.5. The van der Waals surface area contributed by atoms with E-state index < -0.39 is 23.5 Å². The van der Waals surface area contributed by atoms with E-state index >= 15 is 0 Å². The van der Waals surface area contributed by atoms with Gasteiger partial charge in [-0.2, -0.15) is 0 Å². The smallest absolute Gasteiger partial charge is 0.339 e. The topological polar surface area (TPSA) is 117 Å². The third-order valence-electron chi connectivity index (χ3n) is 4.07. The second-order valence-corrected chi connectivity index (χ2v) is 6.39. The van der Waals surface area contributed by atoms with Crippen LogP contribution < -0.4 is 16.2 Å². The van der Waals surface area contributed by atoms with E-state index in [0.717, 1.165) is 6.07 Å². The largest absolute Gasteiger partial charge is 0.449 e. The lowest BCUT2D eigenvalue weighted by atomic mass is 10.1. The number of para-hydroxylation sites is 1. The van der Waals surface area contributed by atoms with Gasteiger partial charge in [0.15, 0.2) is 6.10 Å². The maximum Gasteiger partial charge on any atom is 0.339 e. The molecule has 2 aromatic carbocycles. The van der Waals surface area contributed by atoms with Gasteiger partial charge in [-0.15, -0.1) is 0 Å². The van der Waals surface area contributed by atoms with E-state index in [4.69, 9.17) is 4.74 Å². The van der Waals surface area contributed by atoms with Crippen molar-refractivity contribution in [3.05, 3.63) is 70.5 Å². The van der Waals surface area contributed by atoms with Crippen molar-refractivity contribution in [2.75, 3.05) is 10.6 Å². The average Bonchev–Trinajstić information content (AvgIpc) is 2.66. The van der Waals surface area contributed by atoms with Gasteiger partial charge in [-0.25, -0.2) is 4.79 Å². The monoisotopic (exact) mass is 393 g/mol. The summed E-state index contributed by atoms with van der Waals surface area (Å²) >= 11 is 0. The Morgan fingerprint density at radius 3 is 2.38 bits per heavy atom. The van der Waals surface area contributed by atoms with Crippen molar-refractivity contribution in [1.29, 1.82) is 0 Å². The molecule has 8 nitrogen and oxygen atoms in total. The van der Waals surface area contributed by atoms with E-state index in [9.17, 15) is 19.2 Å². The molecular formula is C21H19N3O5. The van der Waals surface area contributed by atoms with Crippen LogP contribution in [0.2, 0.25) is 0 Å². The molecule has 0 saturated heterocycles. The molecule has 0 spiro atoms. The molecule has 0 saturated carbocycles. The van der Waals surface area contributed by atoms with E-state index in [1.165, 1.54) is 13.8 Å². The van der Waals surface area contributed by atoms with Gasteiger partial charge in [-0.3, -0.25) is 14.4 Å². The van der Waals surface area contributed by atoms with Gasteiger partial charge in [-0.1, -0.05) is 24.3 Å². The third kappa shape index (κ3) is 4.86. The van der Waals surface area contributed by atoms with Crippen molar-refractivity contribution in [2.24, 2.45) is 0 Å². The molecule has 3 rings (SSSR count). The molecule has 29 heavy (non-hydrogen) atoms. The predicted octanol–water partition coefficient (Wildman–Crippen LogP) is 2.67. The number of aromatic nitrogens is 1. The summed E-state index contributed by atoms with van der Waals surface area (Å²) in [5.41, 5.74) is 1.10. The number of pyridine rings is 1. The first-order valence-electron chi connectivity index (χ1n) is 8.85. The highest BCUT2D eigenvalue weighted by atomic mass is 16.5. The maximum atomic E-state index is 12.6. The number of esters is 1. The number of nitrogens with one attached hydrogen (secondary N) is 3. The number of amides is 2. The standard InChI is InChI=1S/C21H19N3O5/c1-12(20(27)23-15-7-5-6-14(10-15)22-13(2)25)29-21(28)17-11-19(26)24-18-9-4-3-8-16(17)18/h3-12H,1-2H3,(H,22,25)(H,23,27)(H,24,26). The van der Waals surface area contributed by atoms with Gasteiger partial charge < -0.3 is 20.4 Å². The van der Waals surface area contributed by atoms with Crippen molar-refractivity contribution >= 4 is 40.1 Å². The van der Waals surface area contributed by atoms with E-state index in [2.05, 4.69) is 15.6 Å². The highest BCUT2D eigenvalue weighted by Crippen LogP contribution is 2.18. The number of hydrogen-bond donors (Lipinski definition) is 3. The zero-order valence-corrected chi connectivity index (χ0v) is 15.8. The molecular weight excluding hydrogens is 374 g/mol. The lowest BCUT2D eigenvalue weighted by Gasteiger charge is -2.15. The number of rotatable bonds is 5. The molecule has 1 heterocycles. The fraction of sp³-hybridized carbons (Fsp3) is 0.143. The van der Waals surface area contributed by atoms with Crippen LogP contribution in [0.5, 0.6) is 0 Å². The van der Waals surface area contributed by atoms with Crippen LogP contribution in [0.25, 0.3) is 10.9 Å². The Bertz CT molecular complexity index is 1150. The summed E-state index contributed by atoms with van der Waals surface area (Å²) in [7, 11) is 0. The van der Waals surface area contributed by atoms with Crippen LogP contribution in [0.15, 0.2) is 59.4 Å². The number of benzene rings is 2. The Balaban J connectivity index is 1.73. The van der Waals surface area contributed by atoms with Gasteiger partial charge in [0.2, 0.25) is 11.5 Å². The van der Waals surface area contributed by atoms with E-state index in [1.807, 2.05) is 0 Å². The number of aromatic amines is 1. The summed E-state index contributed by atoms with van der Waals surface area (Å²) in [5.74, 6) is -1.56. The van der Waals surface area contributed by atoms with Crippen LogP contribution in [-0.2, 0) is 14.3 Å². The molecule has 0 aliphatic rings. The van der Waals surface area contributed by atoms with E-state index in [1.54, 1.807) is 48.5 Å². The molecule has 0 aliphatic carbocycles. The van der Waals surface area contributed by atoms with Crippen LogP contribution in [0, 0.1) is 0 Å². The first kappa shape index (κ1) is 19.8. The Morgan fingerprint density at radius 2 is 1.66 bits per heavy atom. The summed E-state index contributed by atoms with van der Waals surface area (Å²) in [5, 5.41) is 5.76. The molecule has 8 heteroatoms. The van der Waals surface area contributed by atoms with Crippen molar-refractivity contribution < 1.29 is 19.1 Å². The number of ether oxygens (including phenoxy) is 1. The Hall–Kier alpha value is -3.94. The first-order chi connectivity index (χ1) is 13.8. The molecule has 2 amide bonds. The SMILES string of the molecule is CC(=O)Nc1cccc(NC(=O)C(C)OC(=O)c2cc(=O)[nH]c3ccccc23)c1. The van der Waals surface area contributed by atoms with Crippen molar-refractivity contribution in [3.63, 3.8) is 0 Å². The number of carbonyl (C=O) groups is 3. The molecule has 148 valence electrons. The minimum Gasteiger partial charge on any atom is -0.449 e. The number of H-pyrrole nitrogens is 1. The Morgan fingerprint density at radius 1 is 0.966 bits per heavy atom. The zero-order chi connectivity index (χ0) is 21.0. The number of hydrogen-bond acceptors (Lipinski definition) is 5. The molecule has 3 aromatic rings. The molecule has 0 fully saturated rings. The van der Waals surface area contributed by atoms with Crippen molar-refractivity contribution in [3.8, 4) is 0 Å². The van der Waals surface area contributed by atoms with Crippen LogP contribution in [0.4, 0.5) is 11.4 Å². The fourth-order valence-electron chi connectivity index (χ4n) is 2.77. The van der Waals surface area contributed by atoms with Gasteiger partial charge in [-0.05, 0) is 31.2 Å². The zero-order valence-electron chi connectivity index (χ0n) is 15.8. The molecule has 0 aliphatic heterocycles. The average molecular weight is 393 g/mol. The molecule has 1 aromatic heterocycles. The highest BCUT2D eigenvalue weighted by molar-refractivity contribution is 6.04. The van der Waals surface area contributed by atoms with Gasteiger partial charge in [0, 0.05) is 35.3 Å². The first-order valence-corrected chi connectivity index (χ1v) is 8.85. The van der Waals surface area contributed by atoms with Gasteiger partial charge >= 0.3 is 5.97 Å². The number of anilines is 2. The fourth-order valence-corrected chi connectivity index (χ4v) is 2.77. The highest BCUT2D eigenvalue weighted by Gasteiger charge is 2.21. The van der Waals surface area contributed by atoms with Gasteiger partial charge in [0.25, 0.3) is 5.91 Å². The molecule has 0 radical (unpaired) electrons. The van der Waals surface area contributed by atoms with E-state index in [-0.39, 0.29) is 11.5 Å². The molecule has 0 bridgehead atoms. The maximum absolute atomic E-state index is 12.6. The minimum absolute atomic E-state index is 0.0802. The number of carbonyl (C=O) groups excluding carboxylic acids is 3.